The van der Waals surface area contributed by atoms with Crippen molar-refractivity contribution >= 4 is 5.91 Å². The first-order valence-electron chi connectivity index (χ1n) is 14.3. The van der Waals surface area contributed by atoms with Crippen molar-refractivity contribution < 1.29 is 4.79 Å². The van der Waals surface area contributed by atoms with Gasteiger partial charge in [-0.05, 0) is 82.6 Å². The molecule has 6 unspecified atom stereocenters. The average Bonchev–Trinajstić information content (AvgIpc) is 3.27. The maximum Gasteiger partial charge on any atom is 0.223 e. The van der Waals surface area contributed by atoms with Gasteiger partial charge in [0.1, 0.15) is 0 Å². The van der Waals surface area contributed by atoms with Crippen LogP contribution in [0.3, 0.4) is 0 Å². The summed E-state index contributed by atoms with van der Waals surface area (Å²) in [5, 5.41) is 9.48. The van der Waals surface area contributed by atoms with Gasteiger partial charge >= 0.3 is 0 Å². The van der Waals surface area contributed by atoms with Gasteiger partial charge < -0.3 is 16.4 Å². The van der Waals surface area contributed by atoms with E-state index in [1.54, 1.807) is 0 Å². The molecule has 4 rings (SSSR count). The summed E-state index contributed by atoms with van der Waals surface area (Å²) in [6, 6.07) is 0.981. The van der Waals surface area contributed by atoms with Gasteiger partial charge in [-0.1, -0.05) is 32.1 Å². The Kier molecular flexibility index (Phi) is 9.49. The SMILES string of the molecule is CC(C)N1NCC2C(C(=O)NCC3CCCCC3)CC(C3CCCC(CNCCN)C3)CC21. The fraction of sp³-hybridized carbons (Fsp3) is 0.963. The summed E-state index contributed by atoms with van der Waals surface area (Å²) in [6.45, 7) is 9.19. The first kappa shape index (κ1) is 25.4. The molecule has 3 aliphatic carbocycles. The van der Waals surface area contributed by atoms with Crippen molar-refractivity contribution in [2.24, 2.45) is 41.2 Å². The van der Waals surface area contributed by atoms with Crippen LogP contribution in [0.4, 0.5) is 0 Å². The van der Waals surface area contributed by atoms with Crippen molar-refractivity contribution in [2.45, 2.75) is 96.6 Å². The van der Waals surface area contributed by atoms with Crippen LogP contribution < -0.4 is 21.8 Å². The van der Waals surface area contributed by atoms with E-state index < -0.39 is 0 Å². The Labute approximate surface area is 202 Å². The van der Waals surface area contributed by atoms with Gasteiger partial charge in [0.2, 0.25) is 5.91 Å². The van der Waals surface area contributed by atoms with Gasteiger partial charge in [-0.3, -0.25) is 10.2 Å². The van der Waals surface area contributed by atoms with Crippen molar-refractivity contribution in [1.82, 2.24) is 21.1 Å². The average molecular weight is 462 g/mol. The molecule has 0 radical (unpaired) electrons. The van der Waals surface area contributed by atoms with Crippen LogP contribution in [-0.2, 0) is 4.79 Å². The summed E-state index contributed by atoms with van der Waals surface area (Å²) in [4.78, 5) is 13.5. The summed E-state index contributed by atoms with van der Waals surface area (Å²) in [7, 11) is 0. The van der Waals surface area contributed by atoms with Crippen molar-refractivity contribution in [3.8, 4) is 0 Å². The lowest BCUT2D eigenvalue weighted by Gasteiger charge is -2.45. The minimum Gasteiger partial charge on any atom is -0.356 e. The lowest BCUT2D eigenvalue weighted by atomic mass is 9.63. The van der Waals surface area contributed by atoms with Crippen LogP contribution in [0.2, 0.25) is 0 Å². The van der Waals surface area contributed by atoms with Crippen LogP contribution in [0.5, 0.6) is 0 Å². The lowest BCUT2D eigenvalue weighted by molar-refractivity contribution is -0.130. The number of hydrazine groups is 1. The molecule has 190 valence electrons. The maximum atomic E-state index is 13.5. The van der Waals surface area contributed by atoms with E-state index in [-0.39, 0.29) is 5.92 Å². The third-order valence-corrected chi connectivity index (χ3v) is 9.41. The molecule has 1 heterocycles. The Balaban J connectivity index is 1.40. The Hall–Kier alpha value is -0.690. The van der Waals surface area contributed by atoms with E-state index in [1.807, 2.05) is 0 Å². The summed E-state index contributed by atoms with van der Waals surface area (Å²) in [5.74, 6) is 3.90. The van der Waals surface area contributed by atoms with E-state index in [2.05, 4.69) is 34.9 Å². The largest absolute Gasteiger partial charge is 0.356 e. The number of nitrogens with two attached hydrogens (primary N) is 1. The molecule has 1 aliphatic heterocycles. The van der Waals surface area contributed by atoms with Crippen molar-refractivity contribution in [3.05, 3.63) is 0 Å². The van der Waals surface area contributed by atoms with E-state index in [1.165, 1.54) is 64.2 Å². The molecule has 0 bridgehead atoms. The highest BCUT2D eigenvalue weighted by molar-refractivity contribution is 5.79. The van der Waals surface area contributed by atoms with E-state index in [0.717, 1.165) is 51.0 Å². The first-order valence-corrected chi connectivity index (χ1v) is 14.3. The quantitative estimate of drug-likeness (QED) is 0.396. The minimum absolute atomic E-state index is 0.171. The molecule has 0 spiro atoms. The monoisotopic (exact) mass is 461 g/mol. The highest BCUT2D eigenvalue weighted by Gasteiger charge is 2.49. The minimum atomic E-state index is 0.171. The predicted octanol–water partition coefficient (Wildman–Crippen LogP) is 3.28. The van der Waals surface area contributed by atoms with Crippen molar-refractivity contribution in [2.75, 3.05) is 32.7 Å². The van der Waals surface area contributed by atoms with Gasteiger partial charge in [0.15, 0.2) is 0 Å². The third kappa shape index (κ3) is 6.50. The zero-order chi connectivity index (χ0) is 23.2. The molecule has 6 heteroatoms. The summed E-state index contributed by atoms with van der Waals surface area (Å²) < 4.78 is 0. The molecule has 0 aromatic rings. The zero-order valence-electron chi connectivity index (χ0n) is 21.4. The molecule has 4 fully saturated rings. The molecule has 1 amide bonds. The number of hydrogen-bond donors (Lipinski definition) is 4. The molecular weight excluding hydrogens is 410 g/mol. The number of amides is 1. The molecule has 3 saturated carbocycles. The highest BCUT2D eigenvalue weighted by Crippen LogP contribution is 2.46. The summed E-state index contributed by atoms with van der Waals surface area (Å²) in [6.07, 6.45) is 14.4. The van der Waals surface area contributed by atoms with Crippen LogP contribution >= 0.6 is 0 Å². The predicted molar refractivity (Wildman–Crippen MR) is 135 cm³/mol. The topological polar surface area (TPSA) is 82.4 Å². The number of fused-ring (bicyclic) bond motifs is 1. The van der Waals surface area contributed by atoms with Crippen molar-refractivity contribution in [1.29, 1.82) is 0 Å². The number of rotatable bonds is 9. The number of carbonyl (C=O) groups excluding carboxylic acids is 1. The Morgan fingerprint density at radius 3 is 2.52 bits per heavy atom. The summed E-state index contributed by atoms with van der Waals surface area (Å²) >= 11 is 0. The van der Waals surface area contributed by atoms with Crippen LogP contribution in [0.15, 0.2) is 0 Å². The standard InChI is InChI=1S/C27H51N5O/c1-19(2)32-26-15-23(22-10-6-9-21(13-22)16-29-12-11-28)14-24(25(26)18-31-32)27(33)30-17-20-7-4-3-5-8-20/h19-26,29,31H,3-18,28H2,1-2H3,(H,30,33). The molecule has 6 atom stereocenters. The van der Waals surface area contributed by atoms with Gasteiger partial charge in [-0.2, -0.15) is 0 Å². The van der Waals surface area contributed by atoms with Crippen LogP contribution in [0, 0.1) is 35.5 Å². The second kappa shape index (κ2) is 12.3. The zero-order valence-corrected chi connectivity index (χ0v) is 21.4. The second-order valence-corrected chi connectivity index (χ2v) is 12.0. The van der Waals surface area contributed by atoms with Crippen LogP contribution in [-0.4, -0.2) is 55.7 Å². The highest BCUT2D eigenvalue weighted by atomic mass is 16.1. The smallest absolute Gasteiger partial charge is 0.223 e. The first-order chi connectivity index (χ1) is 16.1. The Morgan fingerprint density at radius 2 is 1.76 bits per heavy atom. The molecular formula is C27H51N5O. The van der Waals surface area contributed by atoms with Crippen LogP contribution in [0.1, 0.15) is 84.5 Å². The number of nitrogens with zero attached hydrogens (tertiary/aromatic N) is 1. The molecule has 4 aliphatic rings. The van der Waals surface area contributed by atoms with E-state index in [9.17, 15) is 4.79 Å². The number of nitrogens with one attached hydrogen (secondary N) is 3. The summed E-state index contributed by atoms with van der Waals surface area (Å²) in [5.41, 5.74) is 9.37. The van der Waals surface area contributed by atoms with Gasteiger partial charge in [0, 0.05) is 50.1 Å². The van der Waals surface area contributed by atoms with Gasteiger partial charge in [-0.15, -0.1) is 0 Å². The van der Waals surface area contributed by atoms with E-state index >= 15 is 0 Å². The molecule has 1 saturated heterocycles. The Morgan fingerprint density at radius 1 is 0.970 bits per heavy atom. The van der Waals surface area contributed by atoms with E-state index in [4.69, 9.17) is 5.73 Å². The molecule has 6 nitrogen and oxygen atoms in total. The molecule has 0 aromatic carbocycles. The van der Waals surface area contributed by atoms with E-state index in [0.29, 0.717) is 35.7 Å². The Bertz CT molecular complexity index is 607. The molecule has 5 N–H and O–H groups in total. The lowest BCUT2D eigenvalue weighted by Crippen LogP contribution is -2.51. The van der Waals surface area contributed by atoms with Gasteiger partial charge in [-0.25, -0.2) is 5.01 Å². The van der Waals surface area contributed by atoms with Crippen LogP contribution in [0.25, 0.3) is 0 Å². The normalized spacial score (nSPS) is 36.1. The third-order valence-electron chi connectivity index (χ3n) is 9.41. The van der Waals surface area contributed by atoms with Gasteiger partial charge in [0.05, 0.1) is 0 Å². The number of carbonyl (C=O) groups is 1. The van der Waals surface area contributed by atoms with Crippen molar-refractivity contribution in [3.63, 3.8) is 0 Å². The fourth-order valence-electron chi connectivity index (χ4n) is 7.65. The molecule has 0 aromatic heterocycles. The van der Waals surface area contributed by atoms with Gasteiger partial charge in [0.25, 0.3) is 0 Å². The molecule has 33 heavy (non-hydrogen) atoms. The second-order valence-electron chi connectivity index (χ2n) is 12.0. The maximum absolute atomic E-state index is 13.5. The fourth-order valence-corrected chi connectivity index (χ4v) is 7.65. The number of hydrogen-bond acceptors (Lipinski definition) is 5.